The fraction of sp³-hybridized carbons (Fsp3) is 0.811. The minimum absolute atomic E-state index is 0.0442. The first-order valence-corrected chi connectivity index (χ1v) is 19.8. The van der Waals surface area contributed by atoms with E-state index < -0.39 is 13.9 Å². The van der Waals surface area contributed by atoms with Crippen LogP contribution in [-0.2, 0) is 28.2 Å². The lowest BCUT2D eigenvalue weighted by atomic mass is 9.55. The second kappa shape index (κ2) is 12.4. The molecule has 44 heavy (non-hydrogen) atoms. The number of allylic oxidation sites excluding steroid dienone is 4. The summed E-state index contributed by atoms with van der Waals surface area (Å²) in [6, 6.07) is 0. The van der Waals surface area contributed by atoms with Crippen LogP contribution in [0.15, 0.2) is 35.5 Å². The maximum absolute atomic E-state index is 12.6. The summed E-state index contributed by atoms with van der Waals surface area (Å²) in [6.07, 6.45) is 11.7. The van der Waals surface area contributed by atoms with E-state index in [1.807, 2.05) is 20.8 Å². The standard InChI is InChI=1S/C37H62O6Si/c1-15-23(2)31-26(27-19-29-36(11,41-29)20-28(27)33-37(31,12)43-33)18-16-17-24(3)32(39-22-30(38)42-34(5,6)7)25(4)21-40-44(13,14)35(8,9)10/h15-18,25-29,31-33H,19-22H2,1-14H3/b18-16+,23-15+,24-17+/t25-,26-,27-,28+,29-,31-,32+,33-,36+,37+/m0/s1. The third-order valence-corrected chi connectivity index (χ3v) is 15.9. The maximum atomic E-state index is 12.6. The maximum Gasteiger partial charge on any atom is 0.332 e. The first-order chi connectivity index (χ1) is 20.1. The van der Waals surface area contributed by atoms with E-state index in [4.69, 9.17) is 23.4 Å². The van der Waals surface area contributed by atoms with Crippen molar-refractivity contribution < 1.29 is 28.2 Å². The highest BCUT2D eigenvalue weighted by molar-refractivity contribution is 6.74. The average Bonchev–Trinajstić information content (AvgIpc) is 3.77. The highest BCUT2D eigenvalue weighted by atomic mass is 28.4. The number of esters is 1. The molecule has 10 atom stereocenters. The van der Waals surface area contributed by atoms with Crippen LogP contribution in [0.25, 0.3) is 0 Å². The molecule has 2 heterocycles. The molecule has 2 saturated carbocycles. The quantitative estimate of drug-likeness (QED) is 0.0750. The zero-order valence-electron chi connectivity index (χ0n) is 30.2. The van der Waals surface area contributed by atoms with Gasteiger partial charge in [0, 0.05) is 18.4 Å². The summed E-state index contributed by atoms with van der Waals surface area (Å²) in [4.78, 5) is 12.6. The average molecular weight is 631 g/mol. The summed E-state index contributed by atoms with van der Waals surface area (Å²) in [5.74, 6) is 1.51. The van der Waals surface area contributed by atoms with Gasteiger partial charge in [-0.25, -0.2) is 4.79 Å². The van der Waals surface area contributed by atoms with Crippen LogP contribution in [0.3, 0.4) is 0 Å². The van der Waals surface area contributed by atoms with Crippen molar-refractivity contribution in [1.29, 1.82) is 0 Å². The van der Waals surface area contributed by atoms with Gasteiger partial charge in [0.05, 0.1) is 29.5 Å². The van der Waals surface area contributed by atoms with E-state index in [1.165, 1.54) is 5.57 Å². The molecule has 0 aromatic rings. The molecule has 7 heteroatoms. The van der Waals surface area contributed by atoms with Crippen molar-refractivity contribution in [2.24, 2.45) is 29.6 Å². The second-order valence-corrected chi connectivity index (χ2v) is 22.0. The molecule has 0 amide bonds. The van der Waals surface area contributed by atoms with E-state index in [1.54, 1.807) is 0 Å². The second-order valence-electron chi connectivity index (χ2n) is 17.2. The number of hydrogen-bond donors (Lipinski definition) is 0. The van der Waals surface area contributed by atoms with Crippen LogP contribution in [0.5, 0.6) is 0 Å². The molecule has 4 fully saturated rings. The Morgan fingerprint density at radius 3 is 2.32 bits per heavy atom. The molecule has 250 valence electrons. The Balaban J connectivity index is 1.55. The van der Waals surface area contributed by atoms with Gasteiger partial charge < -0.3 is 23.4 Å². The van der Waals surface area contributed by atoms with E-state index in [9.17, 15) is 4.79 Å². The predicted octanol–water partition coefficient (Wildman–Crippen LogP) is 8.43. The molecule has 6 nitrogen and oxygen atoms in total. The summed E-state index contributed by atoms with van der Waals surface area (Å²) in [6.45, 7) is 30.7. The van der Waals surface area contributed by atoms with Gasteiger partial charge in [0.15, 0.2) is 8.32 Å². The zero-order valence-corrected chi connectivity index (χ0v) is 31.2. The summed E-state index contributed by atoms with van der Waals surface area (Å²) in [5, 5.41) is 0.121. The monoisotopic (exact) mass is 630 g/mol. The Kier molecular flexibility index (Phi) is 10.0. The molecule has 0 bridgehead atoms. The molecule has 0 unspecified atom stereocenters. The summed E-state index contributed by atoms with van der Waals surface area (Å²) in [5.41, 5.74) is 1.87. The van der Waals surface area contributed by atoms with Crippen molar-refractivity contribution in [3.8, 4) is 0 Å². The highest BCUT2D eigenvalue weighted by Gasteiger charge is 2.73. The van der Waals surface area contributed by atoms with Crippen LogP contribution < -0.4 is 0 Å². The van der Waals surface area contributed by atoms with Gasteiger partial charge in [-0.05, 0) is 110 Å². The van der Waals surface area contributed by atoms with Gasteiger partial charge in [-0.1, -0.05) is 57.6 Å². The molecule has 0 aromatic heterocycles. The lowest BCUT2D eigenvalue weighted by Gasteiger charge is -2.45. The number of ether oxygens (including phenoxy) is 4. The van der Waals surface area contributed by atoms with Gasteiger partial charge in [0.1, 0.15) is 12.2 Å². The first kappa shape index (κ1) is 35.6. The lowest BCUT2D eigenvalue weighted by molar-refractivity contribution is -0.162. The number of hydrogen-bond acceptors (Lipinski definition) is 6. The summed E-state index contributed by atoms with van der Waals surface area (Å²) in [7, 11) is -1.94. The largest absolute Gasteiger partial charge is 0.458 e. The van der Waals surface area contributed by atoms with Crippen molar-refractivity contribution in [2.75, 3.05) is 13.2 Å². The summed E-state index contributed by atoms with van der Waals surface area (Å²) >= 11 is 0. The molecule has 2 aliphatic carbocycles. The Morgan fingerprint density at radius 2 is 1.73 bits per heavy atom. The van der Waals surface area contributed by atoms with E-state index in [0.29, 0.717) is 42.5 Å². The van der Waals surface area contributed by atoms with Crippen LogP contribution >= 0.6 is 0 Å². The molecule has 4 rings (SSSR count). The van der Waals surface area contributed by atoms with E-state index in [-0.39, 0.29) is 40.8 Å². The third-order valence-electron chi connectivity index (χ3n) is 11.4. The number of fused-ring (bicyclic) bond motifs is 4. The topological polar surface area (TPSA) is 69.8 Å². The van der Waals surface area contributed by atoms with Gasteiger partial charge >= 0.3 is 5.97 Å². The SMILES string of the molecule is C/C=C(\C)[C@H]1[C@@H](/C=C/C=C(\C)[C@@H](OCC(=O)OC(C)(C)C)[C@@H](C)CO[Si](C)(C)C(C)(C)C)[C@@H]2C[C@@H]3O[C@]3(C)C[C@H]2[C@@H]2O[C@@]21C. The Morgan fingerprint density at radius 1 is 1.07 bits per heavy atom. The normalized spacial score (nSPS) is 37.1. The molecular formula is C37H62O6Si. The molecule has 0 radical (unpaired) electrons. The van der Waals surface area contributed by atoms with Crippen molar-refractivity contribution in [3.05, 3.63) is 35.5 Å². The Labute approximate surface area is 269 Å². The van der Waals surface area contributed by atoms with E-state index in [2.05, 4.69) is 99.7 Å². The number of carbonyl (C=O) groups is 1. The molecular weight excluding hydrogens is 568 g/mol. The Bertz CT molecular complexity index is 1160. The fourth-order valence-corrected chi connectivity index (χ4v) is 8.86. The molecule has 2 aliphatic heterocycles. The molecule has 4 aliphatic rings. The van der Waals surface area contributed by atoms with E-state index in [0.717, 1.165) is 18.4 Å². The van der Waals surface area contributed by atoms with Gasteiger partial charge in [-0.15, -0.1) is 0 Å². The smallest absolute Gasteiger partial charge is 0.332 e. The molecule has 0 N–H and O–H groups in total. The first-order valence-electron chi connectivity index (χ1n) is 16.9. The number of epoxide rings is 2. The van der Waals surface area contributed by atoms with Gasteiger partial charge in [0.2, 0.25) is 0 Å². The molecule has 2 saturated heterocycles. The van der Waals surface area contributed by atoms with Crippen LogP contribution in [0, 0.1) is 29.6 Å². The van der Waals surface area contributed by atoms with Crippen LogP contribution in [0.4, 0.5) is 0 Å². The van der Waals surface area contributed by atoms with Crippen molar-refractivity contribution >= 4 is 14.3 Å². The van der Waals surface area contributed by atoms with Crippen molar-refractivity contribution in [2.45, 2.75) is 149 Å². The minimum atomic E-state index is -1.94. The summed E-state index contributed by atoms with van der Waals surface area (Å²) < 4.78 is 31.2. The van der Waals surface area contributed by atoms with Crippen LogP contribution in [0.2, 0.25) is 18.1 Å². The van der Waals surface area contributed by atoms with Crippen LogP contribution in [0.1, 0.15) is 95.9 Å². The lowest BCUT2D eigenvalue weighted by Crippen LogP contribution is -2.49. The van der Waals surface area contributed by atoms with Crippen molar-refractivity contribution in [1.82, 2.24) is 0 Å². The van der Waals surface area contributed by atoms with E-state index >= 15 is 0 Å². The predicted molar refractivity (Wildman–Crippen MR) is 180 cm³/mol. The van der Waals surface area contributed by atoms with Gasteiger partial charge in [-0.3, -0.25) is 0 Å². The Hall–Kier alpha value is -1.25. The highest BCUT2D eigenvalue weighted by Crippen LogP contribution is 2.67. The fourth-order valence-electron chi connectivity index (χ4n) is 7.75. The molecule has 0 aromatic carbocycles. The van der Waals surface area contributed by atoms with Gasteiger partial charge in [-0.2, -0.15) is 0 Å². The number of carbonyl (C=O) groups excluding carboxylic acids is 1. The number of rotatable bonds is 11. The molecule has 0 spiro atoms. The zero-order chi connectivity index (χ0) is 33.0. The minimum Gasteiger partial charge on any atom is -0.458 e. The third kappa shape index (κ3) is 7.48. The van der Waals surface area contributed by atoms with Gasteiger partial charge in [0.25, 0.3) is 0 Å². The van der Waals surface area contributed by atoms with Crippen LogP contribution in [-0.4, -0.2) is 62.6 Å². The van der Waals surface area contributed by atoms with Crippen molar-refractivity contribution in [3.63, 3.8) is 0 Å².